The number of hydrogen-bond donors (Lipinski definition) is 2. The maximum Gasteiger partial charge on any atom is 0.263 e. The summed E-state index contributed by atoms with van der Waals surface area (Å²) in [6.45, 7) is 2.46. The molecule has 1 fully saturated rings. The van der Waals surface area contributed by atoms with Crippen LogP contribution in [0.1, 0.15) is 23.3 Å². The van der Waals surface area contributed by atoms with Crippen molar-refractivity contribution in [2.45, 2.75) is 37.2 Å². The van der Waals surface area contributed by atoms with Gasteiger partial charge in [0, 0.05) is 23.7 Å². The molecule has 7 heteroatoms. The molecule has 1 saturated carbocycles. The van der Waals surface area contributed by atoms with E-state index in [1.807, 2.05) is 19.1 Å². The van der Waals surface area contributed by atoms with E-state index in [0.29, 0.717) is 22.6 Å². The van der Waals surface area contributed by atoms with Crippen LogP contribution in [0.3, 0.4) is 0 Å². The molecule has 0 unspecified atom stereocenters. The topological polar surface area (TPSA) is 71.1 Å². The number of nitrogens with one attached hydrogen (secondary N) is 2. The van der Waals surface area contributed by atoms with Crippen LogP contribution < -0.4 is 10.0 Å². The second kappa shape index (κ2) is 5.75. The summed E-state index contributed by atoms with van der Waals surface area (Å²) in [7, 11) is -3.60. The van der Waals surface area contributed by atoms with E-state index in [9.17, 15) is 8.42 Å². The van der Waals surface area contributed by atoms with Gasteiger partial charge in [-0.25, -0.2) is 13.4 Å². The van der Waals surface area contributed by atoms with Gasteiger partial charge < -0.3 is 5.32 Å². The summed E-state index contributed by atoms with van der Waals surface area (Å²) in [5, 5.41) is 3.75. The molecule has 0 spiro atoms. The first-order valence-corrected chi connectivity index (χ1v) is 9.11. The second-order valence-electron chi connectivity index (χ2n) is 5.14. The van der Waals surface area contributed by atoms with E-state index in [4.69, 9.17) is 0 Å². The average Bonchev–Trinajstić information content (AvgIpc) is 3.19. The first-order chi connectivity index (χ1) is 10.0. The number of hydrogen-bond acceptors (Lipinski definition) is 5. The molecule has 2 N–H and O–H groups in total. The predicted molar refractivity (Wildman–Crippen MR) is 84.0 cm³/mol. The molecular formula is C14H17N3O2S2. The monoisotopic (exact) mass is 323 g/mol. The molecule has 2 aromatic rings. The first-order valence-electron chi connectivity index (χ1n) is 6.81. The first kappa shape index (κ1) is 14.5. The largest absolute Gasteiger partial charge is 0.310 e. The average molecular weight is 323 g/mol. The number of benzene rings is 1. The molecule has 0 amide bonds. The Kier molecular flexibility index (Phi) is 3.97. The maximum atomic E-state index is 12.5. The minimum atomic E-state index is -3.60. The van der Waals surface area contributed by atoms with E-state index in [1.165, 1.54) is 24.2 Å². The van der Waals surface area contributed by atoms with Gasteiger partial charge in [-0.15, -0.1) is 11.3 Å². The van der Waals surface area contributed by atoms with Gasteiger partial charge in [-0.05, 0) is 31.4 Å². The Balaban J connectivity index is 1.83. The highest BCUT2D eigenvalue weighted by Gasteiger charge is 2.23. The smallest absolute Gasteiger partial charge is 0.263 e. The Morgan fingerprint density at radius 3 is 2.76 bits per heavy atom. The van der Waals surface area contributed by atoms with Crippen molar-refractivity contribution in [3.05, 3.63) is 40.9 Å². The fraction of sp³-hybridized carbons (Fsp3) is 0.357. The zero-order valence-corrected chi connectivity index (χ0v) is 13.3. The number of aromatic nitrogens is 1. The highest BCUT2D eigenvalue weighted by Crippen LogP contribution is 2.24. The summed E-state index contributed by atoms with van der Waals surface area (Å²) in [6, 6.07) is 7.61. The zero-order chi connectivity index (χ0) is 14.9. The molecule has 0 aliphatic heterocycles. The Labute approximate surface area is 128 Å². The maximum absolute atomic E-state index is 12.5. The van der Waals surface area contributed by atoms with Crippen LogP contribution in [0.4, 0.5) is 5.13 Å². The third-order valence-electron chi connectivity index (χ3n) is 3.26. The van der Waals surface area contributed by atoms with Gasteiger partial charge in [0.05, 0.1) is 4.90 Å². The number of thiazole rings is 1. The second-order valence-corrected chi connectivity index (χ2v) is 8.03. The standard InChI is InChI=1S/C14H17N3O2S2/c1-10-8-16-14(20-10)17-21(18,19)13-5-3-2-4-11(13)9-15-12-6-7-12/h2-5,8,12,15H,6-7,9H2,1H3,(H,16,17). The zero-order valence-electron chi connectivity index (χ0n) is 11.7. The Hall–Kier alpha value is -1.44. The summed E-state index contributed by atoms with van der Waals surface area (Å²) in [6.07, 6.45) is 4.00. The number of aryl methyl sites for hydroxylation is 1. The van der Waals surface area contributed by atoms with Crippen molar-refractivity contribution in [3.63, 3.8) is 0 Å². The van der Waals surface area contributed by atoms with Crippen LogP contribution in [0.2, 0.25) is 0 Å². The third kappa shape index (κ3) is 3.61. The van der Waals surface area contributed by atoms with E-state index < -0.39 is 10.0 Å². The molecule has 1 aliphatic rings. The van der Waals surface area contributed by atoms with Gasteiger partial charge in [0.2, 0.25) is 0 Å². The summed E-state index contributed by atoms with van der Waals surface area (Å²) in [5.41, 5.74) is 0.783. The lowest BCUT2D eigenvalue weighted by atomic mass is 10.2. The van der Waals surface area contributed by atoms with Gasteiger partial charge in [0.25, 0.3) is 10.0 Å². The molecular weight excluding hydrogens is 306 g/mol. The summed E-state index contributed by atoms with van der Waals surface area (Å²) < 4.78 is 27.6. The van der Waals surface area contributed by atoms with Crippen molar-refractivity contribution in [1.82, 2.24) is 10.3 Å². The molecule has 112 valence electrons. The molecule has 1 aliphatic carbocycles. The lowest BCUT2D eigenvalue weighted by Crippen LogP contribution is -2.20. The number of sulfonamides is 1. The predicted octanol–water partition coefficient (Wildman–Crippen LogP) is 2.50. The van der Waals surface area contributed by atoms with Gasteiger partial charge in [-0.3, -0.25) is 4.72 Å². The molecule has 21 heavy (non-hydrogen) atoms. The van der Waals surface area contributed by atoms with Crippen LogP contribution in [0, 0.1) is 6.92 Å². The minimum absolute atomic E-state index is 0.311. The summed E-state index contributed by atoms with van der Waals surface area (Å²) >= 11 is 1.33. The quantitative estimate of drug-likeness (QED) is 0.857. The van der Waals surface area contributed by atoms with E-state index in [-0.39, 0.29) is 0 Å². The molecule has 0 radical (unpaired) electrons. The Morgan fingerprint density at radius 2 is 2.10 bits per heavy atom. The van der Waals surface area contributed by atoms with E-state index in [1.54, 1.807) is 18.3 Å². The van der Waals surface area contributed by atoms with Crippen LogP contribution in [-0.4, -0.2) is 19.4 Å². The molecule has 5 nitrogen and oxygen atoms in total. The van der Waals surface area contributed by atoms with Crippen molar-refractivity contribution >= 4 is 26.5 Å². The number of nitrogens with zero attached hydrogens (tertiary/aromatic N) is 1. The molecule has 0 atom stereocenters. The van der Waals surface area contributed by atoms with Gasteiger partial charge in [0.15, 0.2) is 5.13 Å². The van der Waals surface area contributed by atoms with Crippen molar-refractivity contribution in [3.8, 4) is 0 Å². The Bertz CT molecular complexity index is 736. The lowest BCUT2D eigenvalue weighted by Gasteiger charge is -2.11. The van der Waals surface area contributed by atoms with Crippen molar-refractivity contribution in [2.24, 2.45) is 0 Å². The van der Waals surface area contributed by atoms with Crippen molar-refractivity contribution in [1.29, 1.82) is 0 Å². The van der Waals surface area contributed by atoms with E-state index in [0.717, 1.165) is 10.4 Å². The van der Waals surface area contributed by atoms with Crippen LogP contribution in [0.15, 0.2) is 35.4 Å². The minimum Gasteiger partial charge on any atom is -0.310 e. The van der Waals surface area contributed by atoms with Gasteiger partial charge in [-0.2, -0.15) is 0 Å². The fourth-order valence-corrected chi connectivity index (χ4v) is 4.17. The Morgan fingerprint density at radius 1 is 1.33 bits per heavy atom. The van der Waals surface area contributed by atoms with Crippen molar-refractivity contribution in [2.75, 3.05) is 4.72 Å². The summed E-state index contributed by atoms with van der Waals surface area (Å²) in [4.78, 5) is 5.33. The lowest BCUT2D eigenvalue weighted by molar-refractivity contribution is 0.597. The van der Waals surface area contributed by atoms with Crippen LogP contribution >= 0.6 is 11.3 Å². The third-order valence-corrected chi connectivity index (χ3v) is 5.66. The summed E-state index contributed by atoms with van der Waals surface area (Å²) in [5.74, 6) is 0. The van der Waals surface area contributed by atoms with E-state index >= 15 is 0 Å². The SMILES string of the molecule is Cc1cnc(NS(=O)(=O)c2ccccc2CNC2CC2)s1. The molecule has 1 aromatic heterocycles. The number of rotatable bonds is 6. The molecule has 3 rings (SSSR count). The highest BCUT2D eigenvalue weighted by atomic mass is 32.2. The van der Waals surface area contributed by atoms with Gasteiger partial charge in [0.1, 0.15) is 0 Å². The molecule has 1 aromatic carbocycles. The van der Waals surface area contributed by atoms with E-state index in [2.05, 4.69) is 15.0 Å². The number of anilines is 1. The normalized spacial score (nSPS) is 15.1. The van der Waals surface area contributed by atoms with Crippen LogP contribution in [0.25, 0.3) is 0 Å². The van der Waals surface area contributed by atoms with Crippen LogP contribution in [-0.2, 0) is 16.6 Å². The van der Waals surface area contributed by atoms with Gasteiger partial charge >= 0.3 is 0 Å². The molecule has 0 saturated heterocycles. The van der Waals surface area contributed by atoms with Crippen molar-refractivity contribution < 1.29 is 8.42 Å². The van der Waals surface area contributed by atoms with Gasteiger partial charge in [-0.1, -0.05) is 18.2 Å². The fourth-order valence-electron chi connectivity index (χ4n) is 2.03. The highest BCUT2D eigenvalue weighted by molar-refractivity contribution is 7.93. The molecule has 0 bridgehead atoms. The van der Waals surface area contributed by atoms with Crippen LogP contribution in [0.5, 0.6) is 0 Å². The molecule has 1 heterocycles.